The van der Waals surface area contributed by atoms with E-state index in [1.807, 2.05) is 24.3 Å². The summed E-state index contributed by atoms with van der Waals surface area (Å²) in [5.74, 6) is -0.324. The maximum absolute atomic E-state index is 13.9. The van der Waals surface area contributed by atoms with Crippen molar-refractivity contribution in [1.82, 2.24) is 0 Å². The van der Waals surface area contributed by atoms with E-state index in [4.69, 9.17) is 22.5 Å². The van der Waals surface area contributed by atoms with E-state index in [1.54, 1.807) is 36.4 Å². The largest absolute Gasteiger partial charge is 0.465 e. The Bertz CT molecular complexity index is 1500. The molecule has 3 aromatic carbocycles. The highest BCUT2D eigenvalue weighted by Crippen LogP contribution is 2.30. The zero-order valence-electron chi connectivity index (χ0n) is 21.7. The topological polar surface area (TPSA) is 88.6 Å². The van der Waals surface area contributed by atoms with Gasteiger partial charge in [-0.1, -0.05) is 69.1 Å². The number of hydrogen-bond donors (Lipinski definition) is 0. The van der Waals surface area contributed by atoms with Gasteiger partial charge < -0.3 is 4.74 Å². The third-order valence-electron chi connectivity index (χ3n) is 6.11. The van der Waals surface area contributed by atoms with Gasteiger partial charge in [0.1, 0.15) is 5.82 Å². The summed E-state index contributed by atoms with van der Waals surface area (Å²) >= 11 is 6.50. The standard InChI is InChI=1S/C14H10BrFO2.C8H3BrN2.C7H13ClO2S/c1-18-14(17)10-5-6-12(13(16)8-10)9-3-2-4-11(15)7-9;1-11-7-4-2-3-6(5-10)8(7)9;1-6-2-4-7(5-3-6)11(8,9)10/h2-8H,1H3;2-4H;6-7H,2-5H2,1H3. The molecule has 0 atom stereocenters. The molecule has 0 aromatic heterocycles. The number of carbonyl (C=O) groups excluding carboxylic acids is 1. The van der Waals surface area contributed by atoms with Crippen molar-refractivity contribution in [3.63, 3.8) is 0 Å². The molecule has 3 aromatic rings. The molecule has 210 valence electrons. The molecule has 0 saturated heterocycles. The van der Waals surface area contributed by atoms with Crippen LogP contribution in [0, 0.1) is 29.6 Å². The Kier molecular flexibility index (Phi) is 13.3. The lowest BCUT2D eigenvalue weighted by atomic mass is 9.91. The van der Waals surface area contributed by atoms with Crippen LogP contribution in [-0.4, -0.2) is 26.7 Å². The highest BCUT2D eigenvalue weighted by Gasteiger charge is 2.27. The van der Waals surface area contributed by atoms with Gasteiger partial charge in [0.05, 0.1) is 36.1 Å². The van der Waals surface area contributed by atoms with Gasteiger partial charge in [0, 0.05) is 25.2 Å². The number of rotatable bonds is 3. The molecule has 6 nitrogen and oxygen atoms in total. The summed E-state index contributed by atoms with van der Waals surface area (Å²) in [7, 11) is 3.22. The molecule has 0 unspecified atom stereocenters. The number of ether oxygens (including phenoxy) is 1. The van der Waals surface area contributed by atoms with Gasteiger partial charge in [0.25, 0.3) is 0 Å². The average Bonchev–Trinajstić information content (AvgIpc) is 2.93. The van der Waals surface area contributed by atoms with Gasteiger partial charge in [-0.2, -0.15) is 5.26 Å². The van der Waals surface area contributed by atoms with Crippen molar-refractivity contribution < 1.29 is 22.3 Å². The molecule has 11 heteroatoms. The lowest BCUT2D eigenvalue weighted by molar-refractivity contribution is 0.0600. The van der Waals surface area contributed by atoms with Crippen molar-refractivity contribution in [3.05, 3.63) is 98.0 Å². The van der Waals surface area contributed by atoms with Crippen molar-refractivity contribution in [3.8, 4) is 17.2 Å². The second kappa shape index (κ2) is 15.9. The molecule has 40 heavy (non-hydrogen) atoms. The van der Waals surface area contributed by atoms with E-state index in [9.17, 15) is 17.6 Å². The molecular weight excluding hydrogens is 687 g/mol. The van der Waals surface area contributed by atoms with Crippen molar-refractivity contribution in [1.29, 1.82) is 5.26 Å². The highest BCUT2D eigenvalue weighted by atomic mass is 79.9. The normalized spacial score (nSPS) is 16.1. The Morgan fingerprint density at radius 2 is 1.75 bits per heavy atom. The number of esters is 1. The zero-order chi connectivity index (χ0) is 29.9. The Labute approximate surface area is 255 Å². The lowest BCUT2D eigenvalue weighted by Gasteiger charge is -2.23. The predicted molar refractivity (Wildman–Crippen MR) is 162 cm³/mol. The fraction of sp³-hybridized carbons (Fsp3) is 0.276. The Morgan fingerprint density at radius 1 is 1.10 bits per heavy atom. The second-order valence-electron chi connectivity index (χ2n) is 8.92. The maximum atomic E-state index is 13.9. The average molecular weight is 713 g/mol. The Morgan fingerprint density at radius 3 is 2.27 bits per heavy atom. The first kappa shape index (κ1) is 33.4. The van der Waals surface area contributed by atoms with E-state index in [0.29, 0.717) is 27.2 Å². The van der Waals surface area contributed by atoms with Crippen LogP contribution in [0.1, 0.15) is 48.5 Å². The Hall–Kier alpha value is -2.76. The van der Waals surface area contributed by atoms with Gasteiger partial charge in [0.2, 0.25) is 14.7 Å². The summed E-state index contributed by atoms with van der Waals surface area (Å²) in [4.78, 5) is 14.5. The highest BCUT2D eigenvalue weighted by molar-refractivity contribution is 9.11. The number of nitriles is 1. The smallest absolute Gasteiger partial charge is 0.337 e. The van der Waals surface area contributed by atoms with Crippen LogP contribution in [0.3, 0.4) is 0 Å². The molecular formula is C29H26Br2ClFN2O4S. The first-order valence-electron chi connectivity index (χ1n) is 12.0. The number of carbonyl (C=O) groups is 1. The van der Waals surface area contributed by atoms with Gasteiger partial charge in [-0.3, -0.25) is 0 Å². The fourth-order valence-electron chi connectivity index (χ4n) is 3.85. The zero-order valence-corrected chi connectivity index (χ0v) is 26.4. The van der Waals surface area contributed by atoms with Crippen LogP contribution in [0.2, 0.25) is 0 Å². The number of hydrogen-bond acceptors (Lipinski definition) is 5. The quantitative estimate of drug-likeness (QED) is 0.154. The van der Waals surface area contributed by atoms with Crippen molar-refractivity contribution in [2.75, 3.05) is 7.11 Å². The molecule has 0 radical (unpaired) electrons. The SMILES string of the molecule is CC1CCC(S(=O)(=O)Cl)CC1.COC(=O)c1ccc(-c2cccc(Br)c2)c(F)c1.[C-]#[N+]c1cccc(C#N)c1Br. The van der Waals surface area contributed by atoms with Gasteiger partial charge in [0.15, 0.2) is 0 Å². The van der Waals surface area contributed by atoms with Crippen LogP contribution in [0.4, 0.5) is 10.1 Å². The van der Waals surface area contributed by atoms with Crippen LogP contribution in [0.25, 0.3) is 16.0 Å². The molecule has 0 aliphatic heterocycles. The minimum Gasteiger partial charge on any atom is -0.465 e. The van der Waals surface area contributed by atoms with Gasteiger partial charge in [-0.25, -0.2) is 22.4 Å². The Balaban J connectivity index is 0.000000222. The third-order valence-corrected chi connectivity index (χ3v) is 9.46. The number of halogens is 4. The predicted octanol–water partition coefficient (Wildman–Crippen LogP) is 9.05. The minimum absolute atomic E-state index is 0.203. The minimum atomic E-state index is -3.28. The van der Waals surface area contributed by atoms with Crippen LogP contribution in [0.15, 0.2) is 69.6 Å². The number of methoxy groups -OCH3 is 1. The molecule has 1 aliphatic carbocycles. The molecule has 1 fully saturated rings. The molecule has 0 amide bonds. The monoisotopic (exact) mass is 710 g/mol. The molecule has 0 heterocycles. The van der Waals surface area contributed by atoms with Gasteiger partial charge in [-0.15, -0.1) is 0 Å². The van der Waals surface area contributed by atoms with Crippen LogP contribution in [0.5, 0.6) is 0 Å². The van der Waals surface area contributed by atoms with E-state index in [0.717, 1.165) is 35.7 Å². The summed E-state index contributed by atoms with van der Waals surface area (Å²) in [6.45, 7) is 8.89. The van der Waals surface area contributed by atoms with E-state index < -0.39 is 20.8 Å². The molecule has 0 bridgehead atoms. The first-order chi connectivity index (χ1) is 18.9. The first-order valence-corrected chi connectivity index (χ1v) is 16.0. The van der Waals surface area contributed by atoms with Crippen molar-refractivity contribution in [2.45, 2.75) is 37.9 Å². The summed E-state index contributed by atoms with van der Waals surface area (Å²) in [5.41, 5.74) is 2.37. The number of nitrogens with zero attached hydrogens (tertiary/aromatic N) is 2. The molecule has 0 N–H and O–H groups in total. The van der Waals surface area contributed by atoms with E-state index in [-0.39, 0.29) is 10.8 Å². The van der Waals surface area contributed by atoms with Crippen molar-refractivity contribution in [2.24, 2.45) is 5.92 Å². The fourth-order valence-corrected chi connectivity index (χ4v) is 6.06. The maximum Gasteiger partial charge on any atom is 0.337 e. The van der Waals surface area contributed by atoms with Crippen LogP contribution >= 0.6 is 42.5 Å². The van der Waals surface area contributed by atoms with E-state index >= 15 is 0 Å². The molecule has 1 saturated carbocycles. The number of benzene rings is 3. The second-order valence-corrected chi connectivity index (χ2v) is 13.5. The van der Waals surface area contributed by atoms with E-state index in [2.05, 4.69) is 48.4 Å². The van der Waals surface area contributed by atoms with Gasteiger partial charge in [-0.05, 0) is 67.5 Å². The molecule has 4 rings (SSSR count). The third kappa shape index (κ3) is 10.0. The summed E-state index contributed by atoms with van der Waals surface area (Å²) < 4.78 is 41.7. The van der Waals surface area contributed by atoms with Crippen LogP contribution in [-0.2, 0) is 13.8 Å². The summed E-state index contributed by atoms with van der Waals surface area (Å²) in [5, 5.41) is 8.28. The summed E-state index contributed by atoms with van der Waals surface area (Å²) in [6, 6.07) is 18.6. The molecule has 1 aliphatic rings. The van der Waals surface area contributed by atoms with Crippen molar-refractivity contribution >= 4 is 63.2 Å². The van der Waals surface area contributed by atoms with Gasteiger partial charge >= 0.3 is 5.97 Å². The molecule has 0 spiro atoms. The van der Waals surface area contributed by atoms with E-state index in [1.165, 1.54) is 13.2 Å². The summed E-state index contributed by atoms with van der Waals surface area (Å²) in [6.07, 6.45) is 3.48. The lowest BCUT2D eigenvalue weighted by Crippen LogP contribution is -2.22. The van der Waals surface area contributed by atoms with Crippen LogP contribution < -0.4 is 0 Å².